The molecule has 0 amide bonds. The quantitative estimate of drug-likeness (QED) is 0.720. The van der Waals surface area contributed by atoms with Crippen molar-refractivity contribution in [2.75, 3.05) is 19.8 Å². The molecule has 1 aliphatic heterocycles. The van der Waals surface area contributed by atoms with Crippen LogP contribution in [0.4, 0.5) is 0 Å². The van der Waals surface area contributed by atoms with E-state index in [4.69, 9.17) is 4.74 Å². The van der Waals surface area contributed by atoms with Crippen molar-refractivity contribution in [2.45, 2.75) is 45.8 Å². The molecule has 3 heteroatoms. The van der Waals surface area contributed by atoms with Gasteiger partial charge >= 0.3 is 0 Å². The molecule has 0 aromatic carbocycles. The van der Waals surface area contributed by atoms with E-state index in [1.807, 2.05) is 0 Å². The van der Waals surface area contributed by atoms with E-state index in [2.05, 4.69) is 33.0 Å². The van der Waals surface area contributed by atoms with Crippen LogP contribution in [0.25, 0.3) is 0 Å². The molecule has 1 rings (SSSR count). The molecule has 3 nitrogen and oxygen atoms in total. The maximum absolute atomic E-state index is 10.0. The average molecular weight is 201 g/mol. The van der Waals surface area contributed by atoms with Gasteiger partial charge in [0.15, 0.2) is 0 Å². The van der Waals surface area contributed by atoms with Gasteiger partial charge in [-0.25, -0.2) is 0 Å². The van der Waals surface area contributed by atoms with Crippen molar-refractivity contribution < 1.29 is 9.84 Å². The molecule has 14 heavy (non-hydrogen) atoms. The maximum Gasteiger partial charge on any atom is 0.102 e. The molecule has 1 heterocycles. The Balaban J connectivity index is 2.33. The molecule has 1 fully saturated rings. The molecule has 0 aromatic heterocycles. The van der Waals surface area contributed by atoms with Gasteiger partial charge in [0.2, 0.25) is 0 Å². The van der Waals surface area contributed by atoms with E-state index in [1.54, 1.807) is 0 Å². The summed E-state index contributed by atoms with van der Waals surface area (Å²) in [7, 11) is 0. The van der Waals surface area contributed by atoms with Gasteiger partial charge in [0, 0.05) is 25.6 Å². The topological polar surface area (TPSA) is 41.5 Å². The fourth-order valence-corrected chi connectivity index (χ4v) is 1.39. The summed E-state index contributed by atoms with van der Waals surface area (Å²) >= 11 is 0. The monoisotopic (exact) mass is 201 g/mol. The first kappa shape index (κ1) is 12.0. The van der Waals surface area contributed by atoms with Gasteiger partial charge in [0.05, 0.1) is 6.61 Å². The smallest absolute Gasteiger partial charge is 0.102 e. The molecule has 0 saturated carbocycles. The summed E-state index contributed by atoms with van der Waals surface area (Å²) < 4.78 is 5.19. The van der Waals surface area contributed by atoms with E-state index in [0.29, 0.717) is 25.8 Å². The van der Waals surface area contributed by atoms with Gasteiger partial charge in [0.25, 0.3) is 0 Å². The lowest BCUT2D eigenvalue weighted by molar-refractivity contribution is 0.0220. The van der Waals surface area contributed by atoms with Gasteiger partial charge in [-0.1, -0.05) is 20.8 Å². The Kier molecular flexibility index (Phi) is 3.56. The van der Waals surface area contributed by atoms with E-state index in [9.17, 15) is 5.11 Å². The molecule has 0 spiro atoms. The third-order valence-corrected chi connectivity index (χ3v) is 3.12. The average Bonchev–Trinajstić information content (AvgIpc) is 2.47. The lowest BCUT2D eigenvalue weighted by Gasteiger charge is -2.31. The van der Waals surface area contributed by atoms with E-state index < -0.39 is 5.60 Å². The number of hydrogen-bond acceptors (Lipinski definition) is 3. The molecule has 2 N–H and O–H groups in total. The van der Waals surface area contributed by atoms with Gasteiger partial charge in [0.1, 0.15) is 5.60 Å². The summed E-state index contributed by atoms with van der Waals surface area (Å²) in [6, 6.07) is 0.395. The highest BCUT2D eigenvalue weighted by Gasteiger charge is 2.33. The van der Waals surface area contributed by atoms with Crippen molar-refractivity contribution in [1.29, 1.82) is 0 Å². The molecule has 1 saturated heterocycles. The summed E-state index contributed by atoms with van der Waals surface area (Å²) in [5.74, 6) is 0. The second kappa shape index (κ2) is 4.17. The van der Waals surface area contributed by atoms with Gasteiger partial charge in [-0.05, 0) is 12.3 Å². The largest absolute Gasteiger partial charge is 0.386 e. The van der Waals surface area contributed by atoms with Gasteiger partial charge in [-0.2, -0.15) is 0 Å². The summed E-state index contributed by atoms with van der Waals surface area (Å²) in [5.41, 5.74) is -0.407. The lowest BCUT2D eigenvalue weighted by atomic mass is 9.87. The Hall–Kier alpha value is -0.120. The Labute approximate surface area is 86.8 Å². The zero-order valence-electron chi connectivity index (χ0n) is 9.76. The Morgan fingerprint density at radius 1 is 1.50 bits per heavy atom. The number of aliphatic hydroxyl groups is 1. The predicted molar refractivity (Wildman–Crippen MR) is 57.3 cm³/mol. The minimum atomic E-state index is -0.639. The van der Waals surface area contributed by atoms with Crippen LogP contribution < -0.4 is 5.32 Å². The standard InChI is InChI=1S/C11H23NO2/c1-9(10(2,3)4)12-7-11(13)5-6-14-8-11/h9,12-13H,5-8H2,1-4H3. The van der Waals surface area contributed by atoms with Crippen molar-refractivity contribution in [1.82, 2.24) is 5.32 Å². The van der Waals surface area contributed by atoms with Gasteiger partial charge in [-0.15, -0.1) is 0 Å². The fourth-order valence-electron chi connectivity index (χ4n) is 1.39. The van der Waals surface area contributed by atoms with E-state index in [1.165, 1.54) is 0 Å². The van der Waals surface area contributed by atoms with Crippen LogP contribution in [0.1, 0.15) is 34.1 Å². The van der Waals surface area contributed by atoms with Crippen molar-refractivity contribution in [2.24, 2.45) is 5.41 Å². The predicted octanol–water partition coefficient (Wildman–Crippen LogP) is 1.16. The molecule has 2 atom stereocenters. The van der Waals surface area contributed by atoms with E-state index >= 15 is 0 Å². The van der Waals surface area contributed by atoms with Crippen LogP contribution in [0.2, 0.25) is 0 Å². The van der Waals surface area contributed by atoms with Gasteiger partial charge in [-0.3, -0.25) is 0 Å². The van der Waals surface area contributed by atoms with E-state index in [0.717, 1.165) is 6.42 Å². The highest BCUT2D eigenvalue weighted by molar-refractivity contribution is 4.87. The second-order valence-electron chi connectivity index (χ2n) is 5.50. The lowest BCUT2D eigenvalue weighted by Crippen LogP contribution is -2.47. The number of nitrogens with one attached hydrogen (secondary N) is 1. The molecular formula is C11H23NO2. The Morgan fingerprint density at radius 2 is 2.14 bits per heavy atom. The van der Waals surface area contributed by atoms with Crippen molar-refractivity contribution >= 4 is 0 Å². The zero-order valence-corrected chi connectivity index (χ0v) is 9.76. The highest BCUT2D eigenvalue weighted by Crippen LogP contribution is 2.21. The zero-order chi connectivity index (χ0) is 10.8. The third kappa shape index (κ3) is 3.23. The summed E-state index contributed by atoms with van der Waals surface area (Å²) in [4.78, 5) is 0. The van der Waals surface area contributed by atoms with Crippen molar-refractivity contribution in [3.05, 3.63) is 0 Å². The van der Waals surface area contributed by atoms with Crippen molar-refractivity contribution in [3.63, 3.8) is 0 Å². The first-order valence-electron chi connectivity index (χ1n) is 5.37. The number of rotatable bonds is 3. The summed E-state index contributed by atoms with van der Waals surface area (Å²) in [5, 5.41) is 13.4. The van der Waals surface area contributed by atoms with Crippen LogP contribution in [-0.4, -0.2) is 36.5 Å². The van der Waals surface area contributed by atoms with Crippen LogP contribution in [0, 0.1) is 5.41 Å². The highest BCUT2D eigenvalue weighted by atomic mass is 16.5. The molecule has 2 unspecified atom stereocenters. The Bertz CT molecular complexity index is 180. The maximum atomic E-state index is 10.0. The van der Waals surface area contributed by atoms with Crippen LogP contribution in [0.5, 0.6) is 0 Å². The second-order valence-corrected chi connectivity index (χ2v) is 5.50. The first-order chi connectivity index (χ1) is 6.33. The molecular weight excluding hydrogens is 178 g/mol. The van der Waals surface area contributed by atoms with Crippen LogP contribution in [0.3, 0.4) is 0 Å². The molecule has 0 aliphatic carbocycles. The first-order valence-corrected chi connectivity index (χ1v) is 5.37. The molecule has 0 bridgehead atoms. The SMILES string of the molecule is CC(NCC1(O)CCOC1)C(C)(C)C. The molecule has 84 valence electrons. The Morgan fingerprint density at radius 3 is 2.57 bits per heavy atom. The van der Waals surface area contributed by atoms with Crippen molar-refractivity contribution in [3.8, 4) is 0 Å². The summed E-state index contributed by atoms with van der Waals surface area (Å²) in [6.07, 6.45) is 0.747. The fraction of sp³-hybridized carbons (Fsp3) is 1.00. The van der Waals surface area contributed by atoms with Crippen LogP contribution in [-0.2, 0) is 4.74 Å². The minimum absolute atomic E-state index is 0.232. The third-order valence-electron chi connectivity index (χ3n) is 3.12. The number of hydrogen-bond donors (Lipinski definition) is 2. The summed E-state index contributed by atoms with van der Waals surface area (Å²) in [6.45, 7) is 10.5. The van der Waals surface area contributed by atoms with Gasteiger partial charge < -0.3 is 15.2 Å². The minimum Gasteiger partial charge on any atom is -0.386 e. The normalized spacial score (nSPS) is 30.6. The molecule has 0 aromatic rings. The molecule has 0 radical (unpaired) electrons. The van der Waals surface area contributed by atoms with Crippen LogP contribution >= 0.6 is 0 Å². The van der Waals surface area contributed by atoms with Crippen LogP contribution in [0.15, 0.2) is 0 Å². The number of ether oxygens (including phenoxy) is 1. The molecule has 1 aliphatic rings. The van der Waals surface area contributed by atoms with E-state index in [-0.39, 0.29) is 5.41 Å².